The van der Waals surface area contributed by atoms with Crippen LogP contribution in [0, 0.1) is 6.92 Å². The zero-order valence-corrected chi connectivity index (χ0v) is 12.2. The maximum atomic E-state index is 12.7. The van der Waals surface area contributed by atoms with Crippen LogP contribution in [0.4, 0.5) is 13.2 Å². The second kappa shape index (κ2) is 6.36. The molecule has 2 rings (SSSR count). The molecule has 120 valence electrons. The van der Waals surface area contributed by atoms with E-state index < -0.39 is 11.8 Å². The fourth-order valence-corrected chi connectivity index (χ4v) is 2.69. The van der Waals surface area contributed by atoms with Gasteiger partial charge >= 0.3 is 6.18 Å². The molecule has 0 unspecified atom stereocenters. The Morgan fingerprint density at radius 3 is 2.38 bits per heavy atom. The van der Waals surface area contributed by atoms with Crippen molar-refractivity contribution < 1.29 is 18.3 Å². The first-order valence-corrected chi connectivity index (χ1v) is 7.31. The van der Waals surface area contributed by atoms with E-state index in [0.29, 0.717) is 13.1 Å². The van der Waals surface area contributed by atoms with Crippen LogP contribution in [0.15, 0.2) is 12.4 Å². The monoisotopic (exact) mass is 305 g/mol. The standard InChI is InChI=1S/C14H22F3N3O/c1-12-18-6-11-20(12)8-3-2-7-19-9-4-13(21,5-10-19)14(15,16)17/h6,11,21H,2-5,7-10H2,1H3. The van der Waals surface area contributed by atoms with Gasteiger partial charge in [0.25, 0.3) is 0 Å². The molecule has 0 atom stereocenters. The Labute approximate surface area is 122 Å². The summed E-state index contributed by atoms with van der Waals surface area (Å²) in [5, 5.41) is 9.59. The number of alkyl halides is 3. The molecule has 1 aliphatic heterocycles. The smallest absolute Gasteiger partial charge is 0.380 e. The van der Waals surface area contributed by atoms with Gasteiger partial charge in [0, 0.05) is 32.0 Å². The Morgan fingerprint density at radius 2 is 1.86 bits per heavy atom. The van der Waals surface area contributed by atoms with E-state index in [0.717, 1.165) is 31.8 Å². The average Bonchev–Trinajstić information content (AvgIpc) is 2.81. The number of aryl methyl sites for hydroxylation is 2. The largest absolute Gasteiger partial charge is 0.417 e. The molecule has 1 aromatic heterocycles. The molecule has 1 aromatic rings. The molecule has 0 saturated carbocycles. The number of likely N-dealkylation sites (tertiary alicyclic amines) is 1. The predicted octanol–water partition coefficient (Wildman–Crippen LogP) is 2.36. The van der Waals surface area contributed by atoms with Crippen molar-refractivity contribution in [3.8, 4) is 0 Å². The number of nitrogens with zero attached hydrogens (tertiary/aromatic N) is 3. The predicted molar refractivity (Wildman–Crippen MR) is 72.9 cm³/mol. The summed E-state index contributed by atoms with van der Waals surface area (Å²) in [6, 6.07) is 0. The SMILES string of the molecule is Cc1nccn1CCCCN1CCC(O)(C(F)(F)F)CC1. The van der Waals surface area contributed by atoms with Gasteiger partial charge in [-0.05, 0) is 39.2 Å². The minimum atomic E-state index is -4.52. The summed E-state index contributed by atoms with van der Waals surface area (Å²) in [5.74, 6) is 0.975. The highest BCUT2D eigenvalue weighted by Crippen LogP contribution is 2.38. The zero-order chi connectivity index (χ0) is 15.5. The van der Waals surface area contributed by atoms with Crippen LogP contribution in [0.25, 0.3) is 0 Å². The van der Waals surface area contributed by atoms with E-state index in [1.807, 2.05) is 18.0 Å². The Hall–Kier alpha value is -1.08. The molecule has 21 heavy (non-hydrogen) atoms. The second-order valence-corrected chi connectivity index (χ2v) is 5.75. The number of aromatic nitrogens is 2. The summed E-state index contributed by atoms with van der Waals surface area (Å²) in [7, 11) is 0. The Bertz CT molecular complexity index is 451. The number of hydrogen-bond acceptors (Lipinski definition) is 3. The highest BCUT2D eigenvalue weighted by Gasteiger charge is 2.54. The van der Waals surface area contributed by atoms with E-state index in [4.69, 9.17) is 0 Å². The van der Waals surface area contributed by atoms with Gasteiger partial charge in [-0.15, -0.1) is 0 Å². The summed E-state index contributed by atoms with van der Waals surface area (Å²) in [5.41, 5.74) is -2.49. The quantitative estimate of drug-likeness (QED) is 0.849. The van der Waals surface area contributed by atoms with Gasteiger partial charge in [-0.2, -0.15) is 13.2 Å². The number of aliphatic hydroxyl groups is 1. The van der Waals surface area contributed by atoms with E-state index >= 15 is 0 Å². The number of unbranched alkanes of at least 4 members (excludes halogenated alkanes) is 1. The van der Waals surface area contributed by atoms with Crippen LogP contribution < -0.4 is 0 Å². The Morgan fingerprint density at radius 1 is 1.24 bits per heavy atom. The highest BCUT2D eigenvalue weighted by molar-refractivity contribution is 4.92. The van der Waals surface area contributed by atoms with Crippen LogP contribution in [-0.4, -0.2) is 51.0 Å². The summed E-state index contributed by atoms with van der Waals surface area (Å²) in [6.07, 6.45) is 0.628. The second-order valence-electron chi connectivity index (χ2n) is 5.75. The number of hydrogen-bond donors (Lipinski definition) is 1. The van der Waals surface area contributed by atoms with Crippen molar-refractivity contribution in [1.82, 2.24) is 14.5 Å². The lowest BCUT2D eigenvalue weighted by Crippen LogP contribution is -2.53. The van der Waals surface area contributed by atoms with Crippen LogP contribution in [0.5, 0.6) is 0 Å². The molecule has 0 bridgehead atoms. The first-order valence-electron chi connectivity index (χ1n) is 7.31. The van der Waals surface area contributed by atoms with Crippen LogP contribution in [-0.2, 0) is 6.54 Å². The summed E-state index contributed by atoms with van der Waals surface area (Å²) < 4.78 is 40.1. The van der Waals surface area contributed by atoms with Gasteiger partial charge in [0.05, 0.1) is 0 Å². The lowest BCUT2D eigenvalue weighted by molar-refractivity contribution is -0.272. The molecule has 0 aliphatic carbocycles. The average molecular weight is 305 g/mol. The number of halogens is 3. The third kappa shape index (κ3) is 3.97. The minimum absolute atomic E-state index is 0.225. The van der Waals surface area contributed by atoms with Crippen molar-refractivity contribution in [2.45, 2.75) is 50.9 Å². The molecule has 7 heteroatoms. The van der Waals surface area contributed by atoms with E-state index in [1.54, 1.807) is 6.20 Å². The van der Waals surface area contributed by atoms with E-state index in [-0.39, 0.29) is 12.8 Å². The molecular weight excluding hydrogens is 283 g/mol. The van der Waals surface area contributed by atoms with Gasteiger partial charge in [0.1, 0.15) is 5.82 Å². The molecule has 0 spiro atoms. The molecule has 1 N–H and O–H groups in total. The number of imidazole rings is 1. The third-order valence-corrected chi connectivity index (χ3v) is 4.26. The van der Waals surface area contributed by atoms with Crippen LogP contribution in [0.1, 0.15) is 31.5 Å². The van der Waals surface area contributed by atoms with Crippen molar-refractivity contribution >= 4 is 0 Å². The molecule has 0 amide bonds. The minimum Gasteiger partial charge on any atom is -0.380 e. The highest BCUT2D eigenvalue weighted by atomic mass is 19.4. The zero-order valence-electron chi connectivity index (χ0n) is 12.2. The molecule has 0 radical (unpaired) electrons. The van der Waals surface area contributed by atoms with E-state index in [1.165, 1.54) is 0 Å². The van der Waals surface area contributed by atoms with Gasteiger partial charge in [-0.25, -0.2) is 4.98 Å². The molecule has 1 fully saturated rings. The maximum absolute atomic E-state index is 12.7. The Balaban J connectivity index is 1.67. The molecule has 1 saturated heterocycles. The first kappa shape index (κ1) is 16.3. The lowest BCUT2D eigenvalue weighted by Gasteiger charge is -2.39. The van der Waals surface area contributed by atoms with Crippen LogP contribution >= 0.6 is 0 Å². The van der Waals surface area contributed by atoms with Crippen molar-refractivity contribution in [3.05, 3.63) is 18.2 Å². The maximum Gasteiger partial charge on any atom is 0.417 e. The lowest BCUT2D eigenvalue weighted by atomic mass is 9.91. The van der Waals surface area contributed by atoms with Crippen molar-refractivity contribution in [2.24, 2.45) is 0 Å². The van der Waals surface area contributed by atoms with Gasteiger partial charge in [-0.3, -0.25) is 0 Å². The summed E-state index contributed by atoms with van der Waals surface area (Å²) in [4.78, 5) is 6.14. The normalized spacial score (nSPS) is 19.9. The fourth-order valence-electron chi connectivity index (χ4n) is 2.69. The van der Waals surface area contributed by atoms with E-state index in [9.17, 15) is 18.3 Å². The summed E-state index contributed by atoms with van der Waals surface area (Å²) >= 11 is 0. The molecular formula is C14H22F3N3O. The number of piperidine rings is 1. The van der Waals surface area contributed by atoms with E-state index in [2.05, 4.69) is 9.55 Å². The van der Waals surface area contributed by atoms with Crippen molar-refractivity contribution in [2.75, 3.05) is 19.6 Å². The van der Waals surface area contributed by atoms with Crippen molar-refractivity contribution in [1.29, 1.82) is 0 Å². The Kier molecular flexibility index (Phi) is 4.93. The third-order valence-electron chi connectivity index (χ3n) is 4.26. The topological polar surface area (TPSA) is 41.3 Å². The van der Waals surface area contributed by atoms with Crippen molar-refractivity contribution in [3.63, 3.8) is 0 Å². The van der Waals surface area contributed by atoms with Gasteiger partial charge < -0.3 is 14.6 Å². The molecule has 0 aromatic carbocycles. The van der Waals surface area contributed by atoms with Gasteiger partial charge in [-0.1, -0.05) is 0 Å². The first-order chi connectivity index (χ1) is 9.82. The van der Waals surface area contributed by atoms with Crippen LogP contribution in [0.3, 0.4) is 0 Å². The fraction of sp³-hybridized carbons (Fsp3) is 0.786. The summed E-state index contributed by atoms with van der Waals surface area (Å²) in [6.45, 7) is 4.22. The van der Waals surface area contributed by atoms with Gasteiger partial charge in [0.2, 0.25) is 0 Å². The van der Waals surface area contributed by atoms with Crippen LogP contribution in [0.2, 0.25) is 0 Å². The molecule has 4 nitrogen and oxygen atoms in total. The van der Waals surface area contributed by atoms with Gasteiger partial charge in [0.15, 0.2) is 5.60 Å². The molecule has 1 aliphatic rings. The molecule has 2 heterocycles. The number of rotatable bonds is 5.